The molecule has 0 aliphatic carbocycles. The molecule has 0 N–H and O–H groups in total. The van der Waals surface area contributed by atoms with Gasteiger partial charge in [0.1, 0.15) is 5.69 Å². The van der Waals surface area contributed by atoms with Crippen LogP contribution >= 0.6 is 45.3 Å². The van der Waals surface area contributed by atoms with Gasteiger partial charge in [0.05, 0.1) is 9.08 Å². The second-order valence-electron chi connectivity index (χ2n) is 2.95. The lowest BCUT2D eigenvalue weighted by Gasteiger charge is -1.86. The van der Waals surface area contributed by atoms with E-state index in [1.165, 1.54) is 18.3 Å². The first-order valence-corrected chi connectivity index (χ1v) is 6.89. The second kappa shape index (κ2) is 4.26. The third-order valence-corrected chi connectivity index (χ3v) is 4.63. The molecule has 2 heterocycles. The van der Waals surface area contributed by atoms with Crippen molar-refractivity contribution < 1.29 is 4.79 Å². The van der Waals surface area contributed by atoms with Gasteiger partial charge in [-0.15, -0.1) is 22.7 Å². The van der Waals surface area contributed by atoms with Gasteiger partial charge in [-0.25, -0.2) is 9.97 Å². The average molecular weight is 350 g/mol. The first-order valence-electron chi connectivity index (χ1n) is 4.18. The van der Waals surface area contributed by atoms with Gasteiger partial charge in [0.25, 0.3) is 0 Å². The number of ketones is 1. The summed E-state index contributed by atoms with van der Waals surface area (Å²) < 4.78 is 1.12. The summed E-state index contributed by atoms with van der Waals surface area (Å²) in [5.74, 6) is 0.0150. The first kappa shape index (κ1) is 11.2. The lowest BCUT2D eigenvalue weighted by Crippen LogP contribution is -1.94. The summed E-state index contributed by atoms with van der Waals surface area (Å²) >= 11 is 5.33. The number of carbonyl (C=O) groups is 1. The maximum atomic E-state index is 11.2. The number of thiazole rings is 2. The van der Waals surface area contributed by atoms with Crippen LogP contribution in [0.5, 0.6) is 0 Å². The van der Waals surface area contributed by atoms with Crippen molar-refractivity contribution in [3.63, 3.8) is 0 Å². The SMILES string of the molecule is CC(=O)c1nc(-c2ncc(I)s2)sc1C. The molecule has 0 saturated heterocycles. The Kier molecular flexibility index (Phi) is 3.17. The molecule has 0 radical (unpaired) electrons. The Labute approximate surface area is 109 Å². The molecule has 2 aromatic heterocycles. The number of hydrogen-bond acceptors (Lipinski definition) is 5. The van der Waals surface area contributed by atoms with Crippen LogP contribution in [0.1, 0.15) is 22.3 Å². The third-order valence-electron chi connectivity index (χ3n) is 1.79. The van der Waals surface area contributed by atoms with Crippen molar-refractivity contribution in [2.45, 2.75) is 13.8 Å². The minimum atomic E-state index is 0.0150. The van der Waals surface area contributed by atoms with E-state index in [9.17, 15) is 4.79 Å². The van der Waals surface area contributed by atoms with Crippen LogP contribution in [0.25, 0.3) is 10.0 Å². The van der Waals surface area contributed by atoms with Crippen molar-refractivity contribution in [1.82, 2.24) is 9.97 Å². The highest BCUT2D eigenvalue weighted by Crippen LogP contribution is 2.31. The van der Waals surface area contributed by atoms with E-state index in [-0.39, 0.29) is 5.78 Å². The van der Waals surface area contributed by atoms with Crippen molar-refractivity contribution in [3.05, 3.63) is 19.7 Å². The van der Waals surface area contributed by atoms with Gasteiger partial charge in [-0.1, -0.05) is 0 Å². The average Bonchev–Trinajstić information content (AvgIpc) is 2.71. The van der Waals surface area contributed by atoms with Gasteiger partial charge in [-0.3, -0.25) is 4.79 Å². The van der Waals surface area contributed by atoms with Crippen molar-refractivity contribution in [2.24, 2.45) is 0 Å². The van der Waals surface area contributed by atoms with Crippen LogP contribution in [-0.2, 0) is 0 Å². The summed E-state index contributed by atoms with van der Waals surface area (Å²) in [6.45, 7) is 3.45. The molecule has 6 heteroatoms. The molecular weight excluding hydrogens is 343 g/mol. The van der Waals surface area contributed by atoms with Gasteiger partial charge in [-0.05, 0) is 29.5 Å². The van der Waals surface area contributed by atoms with Crippen molar-refractivity contribution >= 4 is 51.0 Å². The fraction of sp³-hybridized carbons (Fsp3) is 0.222. The van der Waals surface area contributed by atoms with Gasteiger partial charge in [0.2, 0.25) is 0 Å². The van der Waals surface area contributed by atoms with E-state index in [1.807, 2.05) is 13.1 Å². The van der Waals surface area contributed by atoms with E-state index < -0.39 is 0 Å². The first-order chi connectivity index (χ1) is 7.08. The van der Waals surface area contributed by atoms with Gasteiger partial charge < -0.3 is 0 Å². The summed E-state index contributed by atoms with van der Waals surface area (Å²) in [5, 5.41) is 1.73. The van der Waals surface area contributed by atoms with Crippen LogP contribution in [0.4, 0.5) is 0 Å². The molecule has 0 aliphatic heterocycles. The molecule has 78 valence electrons. The van der Waals surface area contributed by atoms with Crippen LogP contribution in [0.3, 0.4) is 0 Å². The zero-order valence-electron chi connectivity index (χ0n) is 8.07. The van der Waals surface area contributed by atoms with E-state index in [0.29, 0.717) is 5.69 Å². The number of nitrogens with zero attached hydrogens (tertiary/aromatic N) is 2. The molecule has 0 aromatic carbocycles. The summed E-state index contributed by atoms with van der Waals surface area (Å²) in [4.78, 5) is 20.8. The Bertz CT molecular complexity index is 518. The number of halogens is 1. The second-order valence-corrected chi connectivity index (χ2v) is 7.08. The zero-order valence-corrected chi connectivity index (χ0v) is 11.9. The number of Topliss-reactive ketones (excluding diaryl/α,β-unsaturated/α-hetero) is 1. The molecule has 0 unspecified atom stereocenters. The van der Waals surface area contributed by atoms with Gasteiger partial charge in [-0.2, -0.15) is 0 Å². The fourth-order valence-corrected chi connectivity index (χ4v) is 3.56. The summed E-state index contributed by atoms with van der Waals surface area (Å²) in [6, 6.07) is 0. The Morgan fingerprint density at radius 3 is 2.60 bits per heavy atom. The number of carbonyl (C=O) groups excluding carboxylic acids is 1. The Morgan fingerprint density at radius 1 is 1.40 bits per heavy atom. The van der Waals surface area contributed by atoms with Crippen LogP contribution < -0.4 is 0 Å². The highest BCUT2D eigenvalue weighted by Gasteiger charge is 2.14. The summed E-state index contributed by atoms with van der Waals surface area (Å²) in [6.07, 6.45) is 1.81. The smallest absolute Gasteiger partial charge is 0.179 e. The molecule has 0 fully saturated rings. The highest BCUT2D eigenvalue weighted by molar-refractivity contribution is 14.1. The minimum absolute atomic E-state index is 0.0150. The van der Waals surface area contributed by atoms with Crippen LogP contribution in [0, 0.1) is 9.81 Å². The highest BCUT2D eigenvalue weighted by atomic mass is 127. The normalized spacial score (nSPS) is 10.6. The van der Waals surface area contributed by atoms with E-state index in [2.05, 4.69) is 32.6 Å². The fourth-order valence-electron chi connectivity index (χ4n) is 1.17. The predicted molar refractivity (Wildman–Crippen MR) is 70.7 cm³/mol. The van der Waals surface area contributed by atoms with Crippen molar-refractivity contribution in [3.8, 4) is 10.0 Å². The number of aromatic nitrogens is 2. The molecule has 0 atom stereocenters. The van der Waals surface area contributed by atoms with Crippen molar-refractivity contribution in [1.29, 1.82) is 0 Å². The molecule has 0 aliphatic rings. The lowest BCUT2D eigenvalue weighted by molar-refractivity contribution is 0.101. The number of aryl methyl sites for hydroxylation is 1. The molecule has 0 bridgehead atoms. The molecule has 0 saturated carbocycles. The van der Waals surface area contributed by atoms with Crippen molar-refractivity contribution in [2.75, 3.05) is 0 Å². The van der Waals surface area contributed by atoms with Gasteiger partial charge in [0, 0.05) is 11.8 Å². The van der Waals surface area contributed by atoms with E-state index in [0.717, 1.165) is 17.8 Å². The molecule has 3 nitrogen and oxygen atoms in total. The predicted octanol–water partition coefficient (Wildman–Crippen LogP) is 3.38. The number of hydrogen-bond donors (Lipinski definition) is 0. The largest absolute Gasteiger partial charge is 0.293 e. The maximum absolute atomic E-state index is 11.2. The Morgan fingerprint density at radius 2 is 2.13 bits per heavy atom. The molecule has 15 heavy (non-hydrogen) atoms. The van der Waals surface area contributed by atoms with Crippen LogP contribution in [0.15, 0.2) is 6.20 Å². The lowest BCUT2D eigenvalue weighted by atomic mass is 10.3. The molecule has 2 rings (SSSR count). The Balaban J connectivity index is 2.46. The van der Waals surface area contributed by atoms with E-state index in [1.54, 1.807) is 11.3 Å². The Hall–Kier alpha value is -0.340. The van der Waals surface area contributed by atoms with E-state index in [4.69, 9.17) is 0 Å². The zero-order chi connectivity index (χ0) is 11.0. The minimum Gasteiger partial charge on any atom is -0.293 e. The molecular formula is C9H7IN2OS2. The quantitative estimate of drug-likeness (QED) is 0.616. The monoisotopic (exact) mass is 350 g/mol. The van der Waals surface area contributed by atoms with Gasteiger partial charge in [0.15, 0.2) is 15.8 Å². The molecule has 2 aromatic rings. The van der Waals surface area contributed by atoms with E-state index >= 15 is 0 Å². The van der Waals surface area contributed by atoms with Crippen LogP contribution in [0.2, 0.25) is 0 Å². The summed E-state index contributed by atoms with van der Waals surface area (Å²) in [5.41, 5.74) is 0.570. The topological polar surface area (TPSA) is 42.9 Å². The number of rotatable bonds is 2. The maximum Gasteiger partial charge on any atom is 0.179 e. The molecule has 0 amide bonds. The molecule has 0 spiro atoms. The van der Waals surface area contributed by atoms with Crippen LogP contribution in [-0.4, -0.2) is 15.8 Å². The standard InChI is InChI=1S/C9H7IN2OS2/c1-4(13)7-5(2)14-9(12-7)8-11-3-6(10)15-8/h3H,1-2H3. The third kappa shape index (κ3) is 2.26. The van der Waals surface area contributed by atoms with Gasteiger partial charge >= 0.3 is 0 Å². The summed E-state index contributed by atoms with van der Waals surface area (Å²) in [7, 11) is 0.